The van der Waals surface area contributed by atoms with Gasteiger partial charge in [-0.25, -0.2) is 0 Å². The van der Waals surface area contributed by atoms with E-state index in [0.29, 0.717) is 34.2 Å². The van der Waals surface area contributed by atoms with Gasteiger partial charge in [0.05, 0.1) is 37.5 Å². The molecule has 2 aliphatic heterocycles. The summed E-state index contributed by atoms with van der Waals surface area (Å²) >= 11 is 6.44. The van der Waals surface area contributed by atoms with E-state index in [-0.39, 0.29) is 55.3 Å². The number of carbonyl (C=O) groups excluding carboxylic acids is 5. The normalized spacial score (nSPS) is 22.1. The van der Waals surface area contributed by atoms with Gasteiger partial charge in [0.1, 0.15) is 17.5 Å². The van der Waals surface area contributed by atoms with Gasteiger partial charge in [-0.1, -0.05) is 71.1 Å². The Labute approximate surface area is 287 Å². The molecule has 12 nitrogen and oxygen atoms in total. The highest BCUT2D eigenvalue weighted by Gasteiger charge is 2.55. The maximum absolute atomic E-state index is 14.5. The lowest BCUT2D eigenvalue weighted by Gasteiger charge is -2.36. The second kappa shape index (κ2) is 14.1. The van der Waals surface area contributed by atoms with Gasteiger partial charge in [-0.2, -0.15) is 0 Å². The summed E-state index contributed by atoms with van der Waals surface area (Å²) in [5.74, 6) is -2.71. The summed E-state index contributed by atoms with van der Waals surface area (Å²) in [6.45, 7) is 11.3. The smallest absolute Gasteiger partial charge is 0.285 e. The first kappa shape index (κ1) is 37.2. The molecular formula is C35H49ClN4O8. The molecule has 0 radical (unpaired) electrons. The molecular weight excluding hydrogens is 640 g/mol. The largest absolute Gasteiger partial charge is 0.496 e. The second-order valence-electron chi connectivity index (χ2n) is 15.7. The van der Waals surface area contributed by atoms with Crippen molar-refractivity contribution in [2.45, 2.75) is 104 Å². The fourth-order valence-corrected chi connectivity index (χ4v) is 6.78. The van der Waals surface area contributed by atoms with Crippen molar-refractivity contribution in [3.63, 3.8) is 0 Å². The van der Waals surface area contributed by atoms with Gasteiger partial charge in [0, 0.05) is 43.2 Å². The van der Waals surface area contributed by atoms with Crippen LogP contribution in [0.5, 0.6) is 11.5 Å². The number of ether oxygens (including phenoxy) is 2. The summed E-state index contributed by atoms with van der Waals surface area (Å²) in [7, 11) is 3.00. The number of amides is 3. The molecule has 4 atom stereocenters. The SMILES string of the molecule is COc1cc(OC)c(C2=NO[C@]3(C2)C[C@@H](C(=O)C[C@@H](CC2CC2)C(=O)C(N)=O)N(C(=O)[C@@H](NC(=O)CC(C)(C)C)C(C)(C)C)C3)cc1Cl. The van der Waals surface area contributed by atoms with E-state index >= 15 is 0 Å². The molecule has 0 bridgehead atoms. The number of ketones is 2. The van der Waals surface area contributed by atoms with Gasteiger partial charge in [-0.3, -0.25) is 24.0 Å². The van der Waals surface area contributed by atoms with Gasteiger partial charge in [-0.15, -0.1) is 0 Å². The molecule has 4 rings (SSSR count). The van der Waals surface area contributed by atoms with Crippen molar-refractivity contribution < 1.29 is 38.3 Å². The Hall–Kier alpha value is -3.67. The standard InChI is InChI=1S/C35H49ClN4O8/c1-33(2,3)17-28(42)38-30(34(4,5)6)32(45)40-18-35(15-23(39-48-35)21-13-22(36)27(47-8)14-26(21)46-7)16-24(40)25(41)12-20(11-19-9-10-19)29(43)31(37)44/h13-14,19-20,24,30H,9-12,15-18H2,1-8H3,(H2,37,44)(H,38,42)/t20-,24+,30-,35-/m1/s1. The van der Waals surface area contributed by atoms with Crippen molar-refractivity contribution in [3.05, 3.63) is 22.7 Å². The zero-order valence-corrected chi connectivity index (χ0v) is 30.0. The minimum Gasteiger partial charge on any atom is -0.496 e. The van der Waals surface area contributed by atoms with Crippen LogP contribution in [0.1, 0.15) is 92.1 Å². The summed E-state index contributed by atoms with van der Waals surface area (Å²) in [6, 6.07) is 1.35. The summed E-state index contributed by atoms with van der Waals surface area (Å²) in [6.07, 6.45) is 2.49. The molecule has 3 N–H and O–H groups in total. The maximum Gasteiger partial charge on any atom is 0.285 e. The van der Waals surface area contributed by atoms with Gasteiger partial charge >= 0.3 is 0 Å². The van der Waals surface area contributed by atoms with E-state index in [1.807, 2.05) is 41.5 Å². The quantitative estimate of drug-likeness (QED) is 0.291. The van der Waals surface area contributed by atoms with Crippen molar-refractivity contribution in [1.29, 1.82) is 0 Å². The number of oxime groups is 1. The number of halogens is 1. The molecule has 3 amide bonds. The van der Waals surface area contributed by atoms with E-state index in [1.165, 1.54) is 19.1 Å². The van der Waals surface area contributed by atoms with Crippen molar-refractivity contribution >= 4 is 46.6 Å². The van der Waals surface area contributed by atoms with Gasteiger partial charge in [0.2, 0.25) is 17.6 Å². The van der Waals surface area contributed by atoms with Gasteiger partial charge in [-0.05, 0) is 29.2 Å². The summed E-state index contributed by atoms with van der Waals surface area (Å²) in [4.78, 5) is 74.0. The van der Waals surface area contributed by atoms with Gasteiger partial charge < -0.3 is 30.3 Å². The van der Waals surface area contributed by atoms with Crippen LogP contribution in [0, 0.1) is 22.7 Å². The third-order valence-electron chi connectivity index (χ3n) is 9.16. The Balaban J connectivity index is 1.67. The number of nitrogens with one attached hydrogen (secondary N) is 1. The van der Waals surface area contributed by atoms with E-state index in [2.05, 4.69) is 10.5 Å². The number of benzene rings is 1. The van der Waals surface area contributed by atoms with Crippen LogP contribution < -0.4 is 20.5 Å². The number of hydrogen-bond acceptors (Lipinski definition) is 9. The first-order chi connectivity index (χ1) is 22.3. The fourth-order valence-electron chi connectivity index (χ4n) is 6.54. The maximum atomic E-state index is 14.5. The van der Waals surface area contributed by atoms with E-state index in [1.54, 1.807) is 12.1 Å². The van der Waals surface area contributed by atoms with Crippen molar-refractivity contribution in [1.82, 2.24) is 10.2 Å². The second-order valence-corrected chi connectivity index (χ2v) is 16.1. The van der Waals surface area contributed by atoms with Crippen molar-refractivity contribution in [2.75, 3.05) is 20.8 Å². The van der Waals surface area contributed by atoms with Crippen LogP contribution in [-0.2, 0) is 28.8 Å². The van der Waals surface area contributed by atoms with Crippen LogP contribution in [-0.4, -0.2) is 78.3 Å². The Bertz CT molecular complexity index is 1490. The topological polar surface area (TPSA) is 167 Å². The number of methoxy groups -OCH3 is 2. The van der Waals surface area contributed by atoms with Crippen LogP contribution in [0.25, 0.3) is 0 Å². The number of nitrogens with zero attached hydrogens (tertiary/aromatic N) is 2. The van der Waals surface area contributed by atoms with E-state index in [9.17, 15) is 24.0 Å². The monoisotopic (exact) mass is 688 g/mol. The third kappa shape index (κ3) is 8.67. The molecule has 48 heavy (non-hydrogen) atoms. The average molecular weight is 689 g/mol. The minimum atomic E-state index is -1.08. The number of nitrogens with two attached hydrogens (primary N) is 1. The van der Waals surface area contributed by atoms with E-state index < -0.39 is 46.6 Å². The first-order valence-electron chi connectivity index (χ1n) is 16.4. The molecule has 13 heteroatoms. The zero-order chi connectivity index (χ0) is 35.8. The van der Waals surface area contributed by atoms with Crippen molar-refractivity contribution in [3.8, 4) is 11.5 Å². The zero-order valence-electron chi connectivity index (χ0n) is 29.2. The highest BCUT2D eigenvalue weighted by Crippen LogP contribution is 2.44. The lowest BCUT2D eigenvalue weighted by Crippen LogP contribution is -2.57. The van der Waals surface area contributed by atoms with Crippen LogP contribution >= 0.6 is 11.6 Å². The Kier molecular flexibility index (Phi) is 10.9. The molecule has 264 valence electrons. The number of carbonyl (C=O) groups is 5. The summed E-state index contributed by atoms with van der Waals surface area (Å²) in [5, 5.41) is 7.65. The molecule has 1 aromatic carbocycles. The molecule has 2 heterocycles. The highest BCUT2D eigenvalue weighted by atomic mass is 35.5. The van der Waals surface area contributed by atoms with Crippen LogP contribution in [0.2, 0.25) is 5.02 Å². The molecule has 0 aromatic heterocycles. The lowest BCUT2D eigenvalue weighted by atomic mass is 9.84. The lowest BCUT2D eigenvalue weighted by molar-refractivity contribution is -0.145. The highest BCUT2D eigenvalue weighted by molar-refractivity contribution is 6.36. The number of Topliss-reactive ketones (excluding diaryl/α,β-unsaturated/α-hetero) is 2. The molecule has 1 saturated carbocycles. The van der Waals surface area contributed by atoms with Crippen molar-refractivity contribution in [2.24, 2.45) is 33.6 Å². The van der Waals surface area contributed by atoms with E-state index in [4.69, 9.17) is 31.6 Å². The number of hydrogen-bond donors (Lipinski definition) is 2. The predicted molar refractivity (Wildman–Crippen MR) is 180 cm³/mol. The first-order valence-corrected chi connectivity index (χ1v) is 16.8. The van der Waals surface area contributed by atoms with Gasteiger partial charge in [0.15, 0.2) is 11.4 Å². The minimum absolute atomic E-state index is 0.000219. The number of rotatable bonds is 13. The molecule has 1 aromatic rings. The predicted octanol–water partition coefficient (Wildman–Crippen LogP) is 4.22. The van der Waals surface area contributed by atoms with Crippen LogP contribution in [0.3, 0.4) is 0 Å². The molecule has 2 fully saturated rings. The summed E-state index contributed by atoms with van der Waals surface area (Å²) in [5.41, 5.74) is 4.34. The Morgan fingerprint density at radius 3 is 2.27 bits per heavy atom. The molecule has 1 saturated heterocycles. The van der Waals surface area contributed by atoms with E-state index in [0.717, 1.165) is 12.8 Å². The molecule has 0 unspecified atom stereocenters. The van der Waals surface area contributed by atoms with Crippen LogP contribution in [0.4, 0.5) is 0 Å². The molecule has 1 aliphatic carbocycles. The Morgan fingerprint density at radius 1 is 1.08 bits per heavy atom. The molecule has 1 spiro atoms. The third-order valence-corrected chi connectivity index (χ3v) is 9.46. The summed E-state index contributed by atoms with van der Waals surface area (Å²) < 4.78 is 10.9. The number of primary amides is 1. The van der Waals surface area contributed by atoms with Gasteiger partial charge in [0.25, 0.3) is 5.91 Å². The Morgan fingerprint density at radius 2 is 1.73 bits per heavy atom. The van der Waals surface area contributed by atoms with Crippen LogP contribution in [0.15, 0.2) is 17.3 Å². The molecule has 3 aliphatic rings. The number of likely N-dealkylation sites (tertiary alicyclic amines) is 1. The average Bonchev–Trinajstić information content (AvgIpc) is 3.59. The fraction of sp³-hybridized carbons (Fsp3) is 0.657.